The second-order valence-electron chi connectivity index (χ2n) is 5.48. The molecule has 24 heavy (non-hydrogen) atoms. The van der Waals surface area contributed by atoms with Crippen LogP contribution in [0, 0.1) is 6.92 Å². The number of nitrogens with one attached hydrogen (secondary N) is 1. The van der Waals surface area contributed by atoms with Gasteiger partial charge in [-0.3, -0.25) is 9.20 Å². The van der Waals surface area contributed by atoms with Gasteiger partial charge in [-0.15, -0.1) is 10.2 Å². The van der Waals surface area contributed by atoms with Gasteiger partial charge in [-0.1, -0.05) is 12.1 Å². The molecule has 3 rings (SSSR count). The number of fused-ring (bicyclic) bond motifs is 1. The molecule has 0 saturated carbocycles. The van der Waals surface area contributed by atoms with Crippen LogP contribution in [0.15, 0.2) is 47.5 Å². The third-order valence-electron chi connectivity index (χ3n) is 3.67. The molecule has 0 radical (unpaired) electrons. The predicted octanol–water partition coefficient (Wildman–Crippen LogP) is 1.37. The van der Waals surface area contributed by atoms with Gasteiger partial charge in [0, 0.05) is 18.0 Å². The van der Waals surface area contributed by atoms with Gasteiger partial charge in [0.1, 0.15) is 0 Å². The molecule has 0 aliphatic heterocycles. The number of pyridine rings is 1. The van der Waals surface area contributed by atoms with Gasteiger partial charge >= 0.3 is 0 Å². The van der Waals surface area contributed by atoms with Gasteiger partial charge in [0.05, 0.1) is 11.4 Å². The molecular weight excluding hydrogens is 328 g/mol. The van der Waals surface area contributed by atoms with Crippen molar-refractivity contribution in [3.63, 3.8) is 0 Å². The highest BCUT2D eigenvalue weighted by Crippen LogP contribution is 2.15. The molecule has 124 valence electrons. The van der Waals surface area contributed by atoms with E-state index < -0.39 is 9.84 Å². The van der Waals surface area contributed by atoms with Crippen LogP contribution in [0.25, 0.3) is 5.65 Å². The molecule has 0 aliphatic carbocycles. The number of rotatable bonds is 4. The highest BCUT2D eigenvalue weighted by Gasteiger charge is 2.15. The maximum Gasteiger partial charge on any atom is 0.251 e. The lowest BCUT2D eigenvalue weighted by Crippen LogP contribution is -2.25. The van der Waals surface area contributed by atoms with Gasteiger partial charge < -0.3 is 5.32 Å². The number of amides is 1. The Balaban J connectivity index is 1.83. The van der Waals surface area contributed by atoms with Gasteiger partial charge in [0.15, 0.2) is 21.3 Å². The molecule has 1 N–H and O–H groups in total. The van der Waals surface area contributed by atoms with Crippen molar-refractivity contribution in [2.24, 2.45) is 0 Å². The SMILES string of the molecule is Cc1ccc(S(C)(=O)=O)cc1C(=O)NCc1nnc2ccccn12. The Labute approximate surface area is 139 Å². The van der Waals surface area contributed by atoms with E-state index in [1.54, 1.807) is 17.4 Å². The Hall–Kier alpha value is -2.74. The zero-order valence-electron chi connectivity index (χ0n) is 13.2. The predicted molar refractivity (Wildman–Crippen MR) is 88.4 cm³/mol. The van der Waals surface area contributed by atoms with Crippen LogP contribution in [-0.4, -0.2) is 35.2 Å². The van der Waals surface area contributed by atoms with Gasteiger partial charge in [0.25, 0.3) is 5.91 Å². The number of benzene rings is 1. The summed E-state index contributed by atoms with van der Waals surface area (Å²) in [7, 11) is -3.37. The Morgan fingerprint density at radius 3 is 2.75 bits per heavy atom. The number of hydrogen-bond acceptors (Lipinski definition) is 5. The number of sulfone groups is 1. The van der Waals surface area contributed by atoms with Crippen molar-refractivity contribution >= 4 is 21.4 Å². The quantitative estimate of drug-likeness (QED) is 0.771. The van der Waals surface area contributed by atoms with Crippen molar-refractivity contribution in [3.05, 3.63) is 59.5 Å². The summed E-state index contributed by atoms with van der Waals surface area (Å²) in [6, 6.07) is 10.0. The minimum atomic E-state index is -3.37. The summed E-state index contributed by atoms with van der Waals surface area (Å²) in [5, 5.41) is 10.8. The third kappa shape index (κ3) is 3.13. The average molecular weight is 344 g/mol. The van der Waals surface area contributed by atoms with E-state index in [9.17, 15) is 13.2 Å². The van der Waals surface area contributed by atoms with Crippen molar-refractivity contribution in [1.29, 1.82) is 0 Å². The standard InChI is InChI=1S/C16H16N4O3S/c1-11-6-7-12(24(2,22)23)9-13(11)16(21)17-10-15-19-18-14-5-3-4-8-20(14)15/h3-9H,10H2,1-2H3,(H,17,21). The number of carbonyl (C=O) groups excluding carboxylic acids is 1. The number of carbonyl (C=O) groups is 1. The third-order valence-corrected chi connectivity index (χ3v) is 4.78. The summed E-state index contributed by atoms with van der Waals surface area (Å²) in [5.41, 5.74) is 1.72. The molecule has 2 aromatic heterocycles. The highest BCUT2D eigenvalue weighted by atomic mass is 32.2. The van der Waals surface area contributed by atoms with E-state index in [-0.39, 0.29) is 17.3 Å². The van der Waals surface area contributed by atoms with E-state index in [0.29, 0.717) is 22.6 Å². The van der Waals surface area contributed by atoms with E-state index in [1.165, 1.54) is 12.1 Å². The monoisotopic (exact) mass is 344 g/mol. The second-order valence-corrected chi connectivity index (χ2v) is 7.49. The summed E-state index contributed by atoms with van der Waals surface area (Å²) in [6.07, 6.45) is 2.92. The summed E-state index contributed by atoms with van der Waals surface area (Å²) < 4.78 is 25.1. The minimum absolute atomic E-state index is 0.117. The maximum absolute atomic E-state index is 12.4. The number of aromatic nitrogens is 3. The Morgan fingerprint density at radius 2 is 2.00 bits per heavy atom. The van der Waals surface area contributed by atoms with E-state index >= 15 is 0 Å². The lowest BCUT2D eigenvalue weighted by molar-refractivity contribution is 0.0949. The van der Waals surface area contributed by atoms with Gasteiger partial charge in [0.2, 0.25) is 0 Å². The van der Waals surface area contributed by atoms with E-state index in [1.807, 2.05) is 24.4 Å². The Morgan fingerprint density at radius 1 is 1.21 bits per heavy atom. The Kier molecular flexibility index (Phi) is 4.06. The van der Waals surface area contributed by atoms with Gasteiger partial charge in [-0.2, -0.15) is 0 Å². The molecule has 1 aromatic carbocycles. The molecule has 0 atom stereocenters. The van der Waals surface area contributed by atoms with E-state index in [2.05, 4.69) is 15.5 Å². The molecule has 0 spiro atoms. The van der Waals surface area contributed by atoms with Crippen LogP contribution >= 0.6 is 0 Å². The summed E-state index contributed by atoms with van der Waals surface area (Å²) in [5.74, 6) is 0.238. The highest BCUT2D eigenvalue weighted by molar-refractivity contribution is 7.90. The molecule has 1 amide bonds. The first-order valence-electron chi connectivity index (χ1n) is 7.24. The number of hydrogen-bond donors (Lipinski definition) is 1. The molecule has 0 bridgehead atoms. The summed E-state index contributed by atoms with van der Waals surface area (Å²) in [4.78, 5) is 12.5. The van der Waals surface area contributed by atoms with Crippen molar-refractivity contribution in [2.75, 3.05) is 6.26 Å². The normalized spacial score (nSPS) is 11.6. The first-order valence-corrected chi connectivity index (χ1v) is 9.13. The fourth-order valence-electron chi connectivity index (χ4n) is 2.34. The minimum Gasteiger partial charge on any atom is -0.345 e. The molecule has 7 nitrogen and oxygen atoms in total. The second kappa shape index (κ2) is 6.04. The molecule has 8 heteroatoms. The van der Waals surface area contributed by atoms with Crippen LogP contribution in [0.5, 0.6) is 0 Å². The molecular formula is C16H16N4O3S. The molecule has 0 unspecified atom stereocenters. The largest absolute Gasteiger partial charge is 0.345 e. The van der Waals surface area contributed by atoms with Crippen molar-refractivity contribution in [2.45, 2.75) is 18.4 Å². The van der Waals surface area contributed by atoms with Gasteiger partial charge in [-0.05, 0) is 36.8 Å². The van der Waals surface area contributed by atoms with Crippen LogP contribution in [-0.2, 0) is 16.4 Å². The molecule has 0 fully saturated rings. The first-order chi connectivity index (χ1) is 11.4. The lowest BCUT2D eigenvalue weighted by atomic mass is 10.1. The topological polar surface area (TPSA) is 93.4 Å². The van der Waals surface area contributed by atoms with Crippen molar-refractivity contribution in [1.82, 2.24) is 19.9 Å². The van der Waals surface area contributed by atoms with Crippen LogP contribution in [0.3, 0.4) is 0 Å². The fraction of sp³-hybridized carbons (Fsp3) is 0.188. The van der Waals surface area contributed by atoms with E-state index in [4.69, 9.17) is 0 Å². The van der Waals surface area contributed by atoms with E-state index in [0.717, 1.165) is 6.26 Å². The van der Waals surface area contributed by atoms with Crippen LogP contribution in [0.2, 0.25) is 0 Å². The fourth-order valence-corrected chi connectivity index (χ4v) is 2.99. The maximum atomic E-state index is 12.4. The number of aryl methyl sites for hydroxylation is 1. The number of nitrogens with zero attached hydrogens (tertiary/aromatic N) is 3. The summed E-state index contributed by atoms with van der Waals surface area (Å²) >= 11 is 0. The first kappa shape index (κ1) is 16.1. The smallest absolute Gasteiger partial charge is 0.251 e. The zero-order chi connectivity index (χ0) is 17.3. The van der Waals surface area contributed by atoms with Crippen LogP contribution in [0.1, 0.15) is 21.7 Å². The average Bonchev–Trinajstić information content (AvgIpc) is 2.95. The Bertz CT molecular complexity index is 1020. The van der Waals surface area contributed by atoms with Crippen LogP contribution < -0.4 is 5.32 Å². The zero-order valence-corrected chi connectivity index (χ0v) is 14.0. The van der Waals surface area contributed by atoms with Crippen molar-refractivity contribution < 1.29 is 13.2 Å². The molecule has 0 aliphatic rings. The summed E-state index contributed by atoms with van der Waals surface area (Å²) in [6.45, 7) is 1.94. The molecule has 0 saturated heterocycles. The molecule has 2 heterocycles. The van der Waals surface area contributed by atoms with Crippen LogP contribution in [0.4, 0.5) is 0 Å². The molecule has 3 aromatic rings. The lowest BCUT2D eigenvalue weighted by Gasteiger charge is -2.09. The van der Waals surface area contributed by atoms with Crippen molar-refractivity contribution in [3.8, 4) is 0 Å². The van der Waals surface area contributed by atoms with Gasteiger partial charge in [-0.25, -0.2) is 8.42 Å².